The Morgan fingerprint density at radius 3 is 2.33 bits per heavy atom. The highest BCUT2D eigenvalue weighted by molar-refractivity contribution is 5.83. The van der Waals surface area contributed by atoms with Gasteiger partial charge >= 0.3 is 0 Å². The molecule has 2 aromatic heterocycles. The van der Waals surface area contributed by atoms with E-state index in [9.17, 15) is 4.79 Å². The van der Waals surface area contributed by atoms with Crippen LogP contribution in [0.5, 0.6) is 0 Å². The number of benzene rings is 1. The minimum Gasteiger partial charge on any atom is -0.378 e. The maximum absolute atomic E-state index is 12.7. The molecule has 0 N–H and O–H groups in total. The minimum atomic E-state index is -0.190. The zero-order valence-corrected chi connectivity index (χ0v) is 13.3. The number of aryl methyl sites for hydroxylation is 1. The first kappa shape index (κ1) is 14.8. The number of hydrogen-bond donors (Lipinski definition) is 0. The molecule has 24 heavy (non-hydrogen) atoms. The second kappa shape index (κ2) is 6.01. The molecule has 7 heteroatoms. The summed E-state index contributed by atoms with van der Waals surface area (Å²) in [7, 11) is 0. The topological polar surface area (TPSA) is 73.1 Å². The number of nitrogens with zero attached hydrogens (tertiary/aromatic N) is 5. The van der Waals surface area contributed by atoms with Crippen molar-refractivity contribution >= 4 is 16.6 Å². The van der Waals surface area contributed by atoms with E-state index in [0.29, 0.717) is 24.4 Å². The van der Waals surface area contributed by atoms with Crippen LogP contribution in [0.3, 0.4) is 0 Å². The molecule has 1 saturated heterocycles. The van der Waals surface area contributed by atoms with Crippen molar-refractivity contribution in [1.29, 1.82) is 0 Å². The molecule has 3 aromatic rings. The van der Waals surface area contributed by atoms with Crippen LogP contribution in [0.15, 0.2) is 41.2 Å². The first-order valence-corrected chi connectivity index (χ1v) is 7.89. The third-order valence-electron chi connectivity index (χ3n) is 4.18. The Kier molecular flexibility index (Phi) is 3.70. The predicted molar refractivity (Wildman–Crippen MR) is 90.7 cm³/mol. The van der Waals surface area contributed by atoms with Crippen LogP contribution in [0.4, 0.5) is 5.82 Å². The van der Waals surface area contributed by atoms with Gasteiger partial charge in [-0.05, 0) is 25.1 Å². The van der Waals surface area contributed by atoms with Crippen molar-refractivity contribution in [3.8, 4) is 5.82 Å². The molecule has 0 radical (unpaired) electrons. The summed E-state index contributed by atoms with van der Waals surface area (Å²) in [4.78, 5) is 14.8. The fourth-order valence-corrected chi connectivity index (χ4v) is 2.90. The van der Waals surface area contributed by atoms with Crippen LogP contribution < -0.4 is 10.5 Å². The van der Waals surface area contributed by atoms with E-state index in [0.717, 1.165) is 30.0 Å². The van der Waals surface area contributed by atoms with Gasteiger partial charge in [-0.3, -0.25) is 4.79 Å². The van der Waals surface area contributed by atoms with E-state index < -0.39 is 0 Å². The fourth-order valence-electron chi connectivity index (χ4n) is 2.90. The number of hydrogen-bond acceptors (Lipinski definition) is 6. The van der Waals surface area contributed by atoms with Crippen LogP contribution in [0.1, 0.15) is 5.69 Å². The van der Waals surface area contributed by atoms with Gasteiger partial charge in [-0.1, -0.05) is 18.2 Å². The van der Waals surface area contributed by atoms with E-state index in [4.69, 9.17) is 4.74 Å². The van der Waals surface area contributed by atoms with Gasteiger partial charge in [0, 0.05) is 18.5 Å². The van der Waals surface area contributed by atoms with Crippen LogP contribution in [-0.2, 0) is 4.74 Å². The van der Waals surface area contributed by atoms with Crippen molar-refractivity contribution in [3.63, 3.8) is 0 Å². The van der Waals surface area contributed by atoms with E-state index in [1.807, 2.05) is 31.2 Å². The maximum atomic E-state index is 12.7. The minimum absolute atomic E-state index is 0.190. The summed E-state index contributed by atoms with van der Waals surface area (Å²) in [5.74, 6) is 1.21. The quantitative estimate of drug-likeness (QED) is 0.708. The molecule has 1 aromatic carbocycles. The number of fused-ring (bicyclic) bond motifs is 1. The lowest BCUT2D eigenvalue weighted by Crippen LogP contribution is -2.37. The van der Waals surface area contributed by atoms with E-state index in [1.54, 1.807) is 12.1 Å². The smallest absolute Gasteiger partial charge is 0.280 e. The van der Waals surface area contributed by atoms with Gasteiger partial charge in [-0.2, -0.15) is 9.78 Å². The van der Waals surface area contributed by atoms with Gasteiger partial charge in [0.15, 0.2) is 11.6 Å². The van der Waals surface area contributed by atoms with Crippen molar-refractivity contribution in [1.82, 2.24) is 20.0 Å². The molecule has 0 unspecified atom stereocenters. The van der Waals surface area contributed by atoms with Crippen LogP contribution in [0, 0.1) is 6.92 Å². The largest absolute Gasteiger partial charge is 0.378 e. The van der Waals surface area contributed by atoms with Crippen LogP contribution in [0.25, 0.3) is 16.6 Å². The van der Waals surface area contributed by atoms with E-state index >= 15 is 0 Å². The summed E-state index contributed by atoms with van der Waals surface area (Å²) < 4.78 is 6.65. The highest BCUT2D eigenvalue weighted by Crippen LogP contribution is 2.15. The van der Waals surface area contributed by atoms with Crippen LogP contribution in [-0.4, -0.2) is 46.3 Å². The first-order chi connectivity index (χ1) is 11.7. The number of ether oxygens (including phenoxy) is 1. The van der Waals surface area contributed by atoms with Crippen molar-refractivity contribution in [2.45, 2.75) is 6.92 Å². The zero-order valence-electron chi connectivity index (χ0n) is 13.3. The van der Waals surface area contributed by atoms with Gasteiger partial charge < -0.3 is 9.64 Å². The van der Waals surface area contributed by atoms with E-state index in [1.165, 1.54) is 4.68 Å². The Labute approximate surface area is 138 Å². The molecule has 0 atom stereocenters. The third kappa shape index (κ3) is 2.52. The van der Waals surface area contributed by atoms with Crippen molar-refractivity contribution in [2.24, 2.45) is 0 Å². The molecule has 122 valence electrons. The number of aromatic nitrogens is 4. The zero-order chi connectivity index (χ0) is 16.5. The van der Waals surface area contributed by atoms with Crippen molar-refractivity contribution in [2.75, 3.05) is 31.2 Å². The van der Waals surface area contributed by atoms with Gasteiger partial charge in [0.05, 0.1) is 24.3 Å². The third-order valence-corrected chi connectivity index (χ3v) is 4.18. The predicted octanol–water partition coefficient (Wildman–Crippen LogP) is 1.32. The molecule has 7 nitrogen and oxygen atoms in total. The molecule has 3 heterocycles. The van der Waals surface area contributed by atoms with Crippen molar-refractivity contribution in [3.05, 3.63) is 52.4 Å². The molecule has 0 saturated carbocycles. The number of rotatable bonds is 2. The molecule has 1 fully saturated rings. The van der Waals surface area contributed by atoms with Gasteiger partial charge in [-0.15, -0.1) is 10.2 Å². The molecule has 0 aliphatic carbocycles. The Morgan fingerprint density at radius 2 is 1.62 bits per heavy atom. The van der Waals surface area contributed by atoms with E-state index in [2.05, 4.69) is 20.2 Å². The summed E-state index contributed by atoms with van der Waals surface area (Å²) in [5, 5.41) is 14.3. The van der Waals surface area contributed by atoms with Gasteiger partial charge in [0.1, 0.15) is 0 Å². The first-order valence-electron chi connectivity index (χ1n) is 7.89. The monoisotopic (exact) mass is 323 g/mol. The molecule has 0 spiro atoms. The average molecular weight is 323 g/mol. The van der Waals surface area contributed by atoms with Crippen LogP contribution in [0.2, 0.25) is 0 Å². The molecule has 1 aliphatic rings. The highest BCUT2D eigenvalue weighted by Gasteiger charge is 2.14. The lowest BCUT2D eigenvalue weighted by atomic mass is 10.1. The molecule has 4 rings (SSSR count). The SMILES string of the molecule is Cc1nn(-c2ccc(N3CCOCC3)nn2)c(=O)c2ccccc12. The molecule has 1 aliphatic heterocycles. The Hall–Kier alpha value is -2.80. The van der Waals surface area contributed by atoms with Crippen LogP contribution >= 0.6 is 0 Å². The maximum Gasteiger partial charge on any atom is 0.280 e. The Balaban J connectivity index is 1.75. The van der Waals surface area contributed by atoms with Crippen molar-refractivity contribution < 1.29 is 4.74 Å². The molecular weight excluding hydrogens is 306 g/mol. The summed E-state index contributed by atoms with van der Waals surface area (Å²) in [6.07, 6.45) is 0. The van der Waals surface area contributed by atoms with Gasteiger partial charge in [-0.25, -0.2) is 0 Å². The molecular formula is C17H17N5O2. The summed E-state index contributed by atoms with van der Waals surface area (Å²) >= 11 is 0. The number of morpholine rings is 1. The number of anilines is 1. The summed E-state index contributed by atoms with van der Waals surface area (Å²) in [6.45, 7) is 4.85. The summed E-state index contributed by atoms with van der Waals surface area (Å²) in [5.41, 5.74) is 0.592. The second-order valence-corrected chi connectivity index (χ2v) is 5.70. The Bertz CT molecular complexity index is 930. The standard InChI is InChI=1S/C17H17N5O2/c1-12-13-4-2-3-5-14(13)17(23)22(20-12)16-7-6-15(18-19-16)21-8-10-24-11-9-21/h2-7H,8-11H2,1H3. The van der Waals surface area contributed by atoms with Gasteiger partial charge in [0.25, 0.3) is 5.56 Å². The summed E-state index contributed by atoms with van der Waals surface area (Å²) in [6, 6.07) is 11.1. The van der Waals surface area contributed by atoms with E-state index in [-0.39, 0.29) is 5.56 Å². The Morgan fingerprint density at radius 1 is 0.958 bits per heavy atom. The highest BCUT2D eigenvalue weighted by atomic mass is 16.5. The lowest BCUT2D eigenvalue weighted by molar-refractivity contribution is 0.122. The molecule has 0 amide bonds. The fraction of sp³-hybridized carbons (Fsp3) is 0.294. The lowest BCUT2D eigenvalue weighted by Gasteiger charge is -2.27. The van der Waals surface area contributed by atoms with Gasteiger partial charge in [0.2, 0.25) is 0 Å². The normalized spacial score (nSPS) is 15.0. The average Bonchev–Trinajstić information content (AvgIpc) is 2.66. The molecule has 0 bridgehead atoms. The second-order valence-electron chi connectivity index (χ2n) is 5.70.